The van der Waals surface area contributed by atoms with Gasteiger partial charge in [-0.05, 0) is 67.7 Å². The zero-order valence-electron chi connectivity index (χ0n) is 11.7. The average Bonchev–Trinajstić information content (AvgIpc) is 2.77. The van der Waals surface area contributed by atoms with Crippen LogP contribution in [-0.4, -0.2) is 30.1 Å². The quantitative estimate of drug-likeness (QED) is 0.917. The van der Waals surface area contributed by atoms with Crippen molar-refractivity contribution in [2.45, 2.75) is 63.2 Å². The van der Waals surface area contributed by atoms with Crippen LogP contribution in [0.1, 0.15) is 50.8 Å². The van der Waals surface area contributed by atoms with Crippen LogP contribution < -0.4 is 5.32 Å². The molecular weight excluding hydrogens is 304 g/mol. The van der Waals surface area contributed by atoms with Gasteiger partial charge in [0.1, 0.15) is 5.76 Å². The van der Waals surface area contributed by atoms with Crippen molar-refractivity contribution in [2.24, 2.45) is 0 Å². The SMILES string of the molecule is CC(NC1CC2CCCC(C1)N2C)c1ccc(Br)o1. The lowest BCUT2D eigenvalue weighted by molar-refractivity contribution is 0.0456. The fourth-order valence-electron chi connectivity index (χ4n) is 3.75. The molecule has 3 atom stereocenters. The predicted octanol–water partition coefficient (Wildman–Crippen LogP) is 3.71. The molecule has 2 fully saturated rings. The lowest BCUT2D eigenvalue weighted by atomic mass is 9.82. The Hall–Kier alpha value is -0.320. The number of rotatable bonds is 3. The van der Waals surface area contributed by atoms with Gasteiger partial charge in [0, 0.05) is 18.1 Å². The van der Waals surface area contributed by atoms with E-state index in [2.05, 4.69) is 46.2 Å². The molecule has 2 aliphatic heterocycles. The molecule has 106 valence electrons. The van der Waals surface area contributed by atoms with Crippen molar-refractivity contribution in [3.63, 3.8) is 0 Å². The molecule has 2 aliphatic rings. The van der Waals surface area contributed by atoms with Crippen LogP contribution in [0.5, 0.6) is 0 Å². The van der Waals surface area contributed by atoms with Crippen LogP contribution in [0.15, 0.2) is 21.2 Å². The Kier molecular flexibility index (Phi) is 4.01. The van der Waals surface area contributed by atoms with Crippen LogP contribution in [0.25, 0.3) is 0 Å². The van der Waals surface area contributed by atoms with E-state index in [1.807, 2.05) is 6.07 Å². The molecular formula is C15H23BrN2O. The maximum atomic E-state index is 5.65. The molecule has 3 nitrogen and oxygen atoms in total. The molecule has 1 N–H and O–H groups in total. The minimum Gasteiger partial charge on any atom is -0.453 e. The van der Waals surface area contributed by atoms with Crippen molar-refractivity contribution >= 4 is 15.9 Å². The standard InChI is InChI=1S/C15H23BrN2O/c1-10(14-6-7-15(16)19-14)17-11-8-12-4-3-5-13(9-11)18(12)2/h6-7,10-13,17H,3-5,8-9H2,1-2H3. The summed E-state index contributed by atoms with van der Waals surface area (Å²) in [5.41, 5.74) is 0. The highest BCUT2D eigenvalue weighted by Crippen LogP contribution is 2.33. The second-order valence-corrected chi connectivity index (χ2v) is 6.88. The molecule has 2 saturated heterocycles. The van der Waals surface area contributed by atoms with Crippen LogP contribution in [0.4, 0.5) is 0 Å². The number of nitrogens with zero attached hydrogens (tertiary/aromatic N) is 1. The highest BCUT2D eigenvalue weighted by Gasteiger charge is 2.36. The Balaban J connectivity index is 1.61. The third-order valence-corrected chi connectivity index (χ3v) is 5.27. The van der Waals surface area contributed by atoms with E-state index >= 15 is 0 Å². The molecule has 3 rings (SSSR count). The van der Waals surface area contributed by atoms with Gasteiger partial charge in [0.05, 0.1) is 6.04 Å². The fourth-order valence-corrected chi connectivity index (χ4v) is 4.07. The van der Waals surface area contributed by atoms with Gasteiger partial charge in [-0.25, -0.2) is 0 Å². The summed E-state index contributed by atoms with van der Waals surface area (Å²) in [6.45, 7) is 2.19. The smallest absolute Gasteiger partial charge is 0.169 e. The third-order valence-electron chi connectivity index (χ3n) is 4.85. The van der Waals surface area contributed by atoms with E-state index in [0.29, 0.717) is 12.1 Å². The molecule has 0 spiro atoms. The molecule has 1 aromatic rings. The van der Waals surface area contributed by atoms with E-state index in [4.69, 9.17) is 4.42 Å². The summed E-state index contributed by atoms with van der Waals surface area (Å²) in [6, 6.07) is 6.50. The fraction of sp³-hybridized carbons (Fsp3) is 0.733. The van der Waals surface area contributed by atoms with Gasteiger partial charge in [-0.1, -0.05) is 6.42 Å². The summed E-state index contributed by atoms with van der Waals surface area (Å²) < 4.78 is 6.46. The molecule has 1 aromatic heterocycles. The van der Waals surface area contributed by atoms with Gasteiger partial charge in [0.2, 0.25) is 0 Å². The third kappa shape index (κ3) is 2.91. The second-order valence-electron chi connectivity index (χ2n) is 6.10. The van der Waals surface area contributed by atoms with Crippen molar-refractivity contribution in [3.05, 3.63) is 22.6 Å². The van der Waals surface area contributed by atoms with Crippen molar-refractivity contribution in [2.75, 3.05) is 7.05 Å². The van der Waals surface area contributed by atoms with Gasteiger partial charge in [-0.2, -0.15) is 0 Å². The Morgan fingerprint density at radius 2 is 2.00 bits per heavy atom. The van der Waals surface area contributed by atoms with E-state index in [1.54, 1.807) is 0 Å². The maximum absolute atomic E-state index is 5.65. The summed E-state index contributed by atoms with van der Waals surface area (Å²) in [7, 11) is 2.30. The molecule has 0 aliphatic carbocycles. The van der Waals surface area contributed by atoms with Crippen molar-refractivity contribution < 1.29 is 4.42 Å². The Bertz CT molecular complexity index is 420. The minimum atomic E-state index is 0.292. The minimum absolute atomic E-state index is 0.292. The van der Waals surface area contributed by atoms with Gasteiger partial charge in [0.15, 0.2) is 4.67 Å². The first-order valence-electron chi connectivity index (χ1n) is 7.36. The summed E-state index contributed by atoms with van der Waals surface area (Å²) in [4.78, 5) is 2.61. The van der Waals surface area contributed by atoms with E-state index in [0.717, 1.165) is 22.5 Å². The number of halogens is 1. The topological polar surface area (TPSA) is 28.4 Å². The van der Waals surface area contributed by atoms with Gasteiger partial charge >= 0.3 is 0 Å². The highest BCUT2D eigenvalue weighted by molar-refractivity contribution is 9.10. The molecule has 3 unspecified atom stereocenters. The predicted molar refractivity (Wildman–Crippen MR) is 80.2 cm³/mol. The number of furan rings is 1. The summed E-state index contributed by atoms with van der Waals surface area (Å²) in [5.74, 6) is 1.02. The van der Waals surface area contributed by atoms with E-state index in [-0.39, 0.29) is 0 Å². The Labute approximate surface area is 123 Å². The average molecular weight is 327 g/mol. The normalized spacial score (nSPS) is 33.3. The van der Waals surface area contributed by atoms with E-state index < -0.39 is 0 Å². The number of fused-ring (bicyclic) bond motifs is 2. The van der Waals surface area contributed by atoms with Crippen molar-refractivity contribution in [1.29, 1.82) is 0 Å². The molecule has 3 heterocycles. The maximum Gasteiger partial charge on any atom is 0.169 e. The number of nitrogens with one attached hydrogen (secondary N) is 1. The molecule has 0 amide bonds. The summed E-state index contributed by atoms with van der Waals surface area (Å²) in [6.07, 6.45) is 6.70. The number of hydrogen-bond acceptors (Lipinski definition) is 3. The van der Waals surface area contributed by atoms with Crippen LogP contribution in [0.3, 0.4) is 0 Å². The number of piperidine rings is 2. The first-order chi connectivity index (χ1) is 9.13. The first kappa shape index (κ1) is 13.7. The largest absolute Gasteiger partial charge is 0.453 e. The Morgan fingerprint density at radius 1 is 1.32 bits per heavy atom. The van der Waals surface area contributed by atoms with Gasteiger partial charge in [0.25, 0.3) is 0 Å². The molecule has 19 heavy (non-hydrogen) atoms. The molecule has 0 radical (unpaired) electrons. The lowest BCUT2D eigenvalue weighted by Crippen LogP contribution is -2.54. The summed E-state index contributed by atoms with van der Waals surface area (Å²) in [5, 5.41) is 3.76. The van der Waals surface area contributed by atoms with Crippen LogP contribution in [0.2, 0.25) is 0 Å². The summed E-state index contributed by atoms with van der Waals surface area (Å²) >= 11 is 3.37. The molecule has 4 heteroatoms. The molecule has 2 bridgehead atoms. The van der Waals surface area contributed by atoms with Crippen LogP contribution in [-0.2, 0) is 0 Å². The highest BCUT2D eigenvalue weighted by atomic mass is 79.9. The molecule has 0 aromatic carbocycles. The van der Waals surface area contributed by atoms with Gasteiger partial charge in [-0.3, -0.25) is 0 Å². The van der Waals surface area contributed by atoms with E-state index in [9.17, 15) is 0 Å². The van der Waals surface area contributed by atoms with Gasteiger partial charge < -0.3 is 14.6 Å². The number of hydrogen-bond donors (Lipinski definition) is 1. The Morgan fingerprint density at radius 3 is 2.58 bits per heavy atom. The van der Waals surface area contributed by atoms with E-state index in [1.165, 1.54) is 32.1 Å². The second kappa shape index (κ2) is 5.58. The monoisotopic (exact) mass is 326 g/mol. The zero-order chi connectivity index (χ0) is 13.4. The van der Waals surface area contributed by atoms with Crippen LogP contribution in [0, 0.1) is 0 Å². The van der Waals surface area contributed by atoms with Crippen LogP contribution >= 0.6 is 15.9 Å². The first-order valence-corrected chi connectivity index (χ1v) is 8.16. The van der Waals surface area contributed by atoms with Crippen molar-refractivity contribution in [3.8, 4) is 0 Å². The molecule has 0 saturated carbocycles. The zero-order valence-corrected chi connectivity index (χ0v) is 13.3. The van der Waals surface area contributed by atoms with Crippen molar-refractivity contribution in [1.82, 2.24) is 10.2 Å². The lowest BCUT2D eigenvalue weighted by Gasteiger charge is -2.47. The van der Waals surface area contributed by atoms with Gasteiger partial charge in [-0.15, -0.1) is 0 Å².